The highest BCUT2D eigenvalue weighted by molar-refractivity contribution is 9.10. The van der Waals surface area contributed by atoms with Gasteiger partial charge in [-0.25, -0.2) is 4.79 Å². The number of aryl methyl sites for hydroxylation is 1. The second kappa shape index (κ2) is 8.36. The highest BCUT2D eigenvalue weighted by Gasteiger charge is 2.13. The molecule has 0 saturated carbocycles. The molecule has 0 bridgehead atoms. The van der Waals surface area contributed by atoms with Crippen LogP contribution in [0.25, 0.3) is 0 Å². The number of benzene rings is 2. The fourth-order valence-corrected chi connectivity index (χ4v) is 2.88. The van der Waals surface area contributed by atoms with Crippen molar-refractivity contribution >= 4 is 45.1 Å². The molecule has 7 heteroatoms. The second-order valence-corrected chi connectivity index (χ2v) is 6.52. The number of hydrogen-bond acceptors (Lipinski definition) is 4. The van der Waals surface area contributed by atoms with Crippen molar-refractivity contribution in [3.63, 3.8) is 0 Å². The molecular weight excluding hydrogens is 410 g/mol. The van der Waals surface area contributed by atoms with E-state index in [1.807, 2.05) is 13.8 Å². The van der Waals surface area contributed by atoms with E-state index in [0.29, 0.717) is 26.5 Å². The van der Waals surface area contributed by atoms with Crippen LogP contribution in [-0.2, 0) is 9.53 Å². The highest BCUT2D eigenvalue weighted by atomic mass is 79.9. The van der Waals surface area contributed by atoms with Gasteiger partial charge in [0.25, 0.3) is 5.91 Å². The summed E-state index contributed by atoms with van der Waals surface area (Å²) in [4.78, 5) is 23.6. The number of carbonyl (C=O) groups is 2. The second-order valence-electron chi connectivity index (χ2n) is 5.35. The van der Waals surface area contributed by atoms with Gasteiger partial charge in [-0.3, -0.25) is 4.79 Å². The number of carbonyl (C=O) groups excluding carboxylic acids is 2. The van der Waals surface area contributed by atoms with E-state index in [9.17, 15) is 9.59 Å². The normalized spacial score (nSPS) is 10.3. The Kier molecular flexibility index (Phi) is 6.45. The molecule has 0 aliphatic rings. The number of hydrogen-bond donors (Lipinski definition) is 1. The van der Waals surface area contributed by atoms with Crippen LogP contribution in [0.5, 0.6) is 5.75 Å². The van der Waals surface area contributed by atoms with Crippen molar-refractivity contribution in [1.29, 1.82) is 0 Å². The molecule has 0 fully saturated rings. The Labute approximate surface area is 159 Å². The van der Waals surface area contributed by atoms with Gasteiger partial charge in [0, 0.05) is 10.7 Å². The maximum atomic E-state index is 12.1. The molecule has 0 aromatic heterocycles. The number of methoxy groups -OCH3 is 1. The predicted molar refractivity (Wildman–Crippen MR) is 101 cm³/mol. The summed E-state index contributed by atoms with van der Waals surface area (Å²) >= 11 is 9.60. The zero-order chi connectivity index (χ0) is 18.6. The molecule has 1 amide bonds. The number of nitrogens with one attached hydrogen (secondary N) is 1. The lowest BCUT2D eigenvalue weighted by atomic mass is 10.1. The monoisotopic (exact) mass is 425 g/mol. The van der Waals surface area contributed by atoms with Gasteiger partial charge in [-0.1, -0.05) is 17.7 Å². The number of ether oxygens (including phenoxy) is 2. The summed E-state index contributed by atoms with van der Waals surface area (Å²) in [6, 6.07) is 8.25. The first-order valence-electron chi connectivity index (χ1n) is 7.39. The first-order chi connectivity index (χ1) is 11.8. The standard InChI is InChI=1S/C18H17BrClNO4/c1-10-7-14(16(19)11(2)17(10)20)25-9-15(22)21-13-6-4-5-12(8-13)18(23)24-3/h4-8H,9H2,1-3H3,(H,21,22). The minimum absolute atomic E-state index is 0.179. The number of esters is 1. The van der Waals surface area contributed by atoms with Crippen molar-refractivity contribution < 1.29 is 19.1 Å². The van der Waals surface area contributed by atoms with E-state index in [1.165, 1.54) is 13.2 Å². The first kappa shape index (κ1) is 19.3. The quantitative estimate of drug-likeness (QED) is 0.714. The van der Waals surface area contributed by atoms with E-state index < -0.39 is 5.97 Å². The smallest absolute Gasteiger partial charge is 0.337 e. The summed E-state index contributed by atoms with van der Waals surface area (Å²) in [5.74, 6) is -0.277. The lowest BCUT2D eigenvalue weighted by Crippen LogP contribution is -2.20. The predicted octanol–water partition coefficient (Wildman–Crippen LogP) is 4.52. The summed E-state index contributed by atoms with van der Waals surface area (Å²) in [7, 11) is 1.30. The maximum Gasteiger partial charge on any atom is 0.337 e. The summed E-state index contributed by atoms with van der Waals surface area (Å²) < 4.78 is 10.9. The van der Waals surface area contributed by atoms with Gasteiger partial charge in [0.15, 0.2) is 6.61 Å². The van der Waals surface area contributed by atoms with Crippen molar-refractivity contribution in [1.82, 2.24) is 0 Å². The van der Waals surface area contributed by atoms with Crippen LogP contribution >= 0.6 is 27.5 Å². The van der Waals surface area contributed by atoms with Crippen LogP contribution in [0.1, 0.15) is 21.5 Å². The molecule has 25 heavy (non-hydrogen) atoms. The van der Waals surface area contributed by atoms with Crippen molar-refractivity contribution in [2.75, 3.05) is 19.0 Å². The number of amides is 1. The molecule has 2 rings (SSSR count). The SMILES string of the molecule is COC(=O)c1cccc(NC(=O)COc2cc(C)c(Cl)c(C)c2Br)c1. The fourth-order valence-electron chi connectivity index (χ4n) is 2.19. The van der Waals surface area contributed by atoms with Crippen molar-refractivity contribution in [3.8, 4) is 5.75 Å². The third kappa shape index (κ3) is 4.74. The largest absolute Gasteiger partial charge is 0.483 e. The average Bonchev–Trinajstić information content (AvgIpc) is 2.61. The van der Waals surface area contributed by atoms with Crippen LogP contribution in [0.15, 0.2) is 34.8 Å². The zero-order valence-corrected chi connectivity index (χ0v) is 16.3. The highest BCUT2D eigenvalue weighted by Crippen LogP contribution is 2.35. The molecular formula is C18H17BrClNO4. The Morgan fingerprint density at radius 3 is 2.64 bits per heavy atom. The van der Waals surface area contributed by atoms with E-state index in [4.69, 9.17) is 16.3 Å². The topological polar surface area (TPSA) is 64.6 Å². The summed E-state index contributed by atoms with van der Waals surface area (Å²) in [5, 5.41) is 3.33. The Bertz CT molecular complexity index is 823. The van der Waals surface area contributed by atoms with Gasteiger partial charge in [-0.2, -0.15) is 0 Å². The van der Waals surface area contributed by atoms with Gasteiger partial charge in [0.1, 0.15) is 5.75 Å². The minimum Gasteiger partial charge on any atom is -0.483 e. The molecule has 0 saturated heterocycles. The van der Waals surface area contributed by atoms with Crippen LogP contribution < -0.4 is 10.1 Å². The molecule has 0 aliphatic heterocycles. The van der Waals surface area contributed by atoms with Crippen LogP contribution in [-0.4, -0.2) is 25.6 Å². The Balaban J connectivity index is 2.04. The third-order valence-corrected chi connectivity index (χ3v) is 5.06. The van der Waals surface area contributed by atoms with Gasteiger partial charge < -0.3 is 14.8 Å². The maximum absolute atomic E-state index is 12.1. The summed E-state index contributed by atoms with van der Waals surface area (Å²) in [6.45, 7) is 3.55. The van der Waals surface area contributed by atoms with Gasteiger partial charge in [0.2, 0.25) is 0 Å². The molecule has 0 radical (unpaired) electrons. The summed E-state index contributed by atoms with van der Waals surface area (Å²) in [5.41, 5.74) is 2.55. The Morgan fingerprint density at radius 1 is 1.24 bits per heavy atom. The third-order valence-electron chi connectivity index (χ3n) is 3.49. The lowest BCUT2D eigenvalue weighted by molar-refractivity contribution is -0.118. The van der Waals surface area contributed by atoms with Gasteiger partial charge in [-0.05, 0) is 65.2 Å². The van der Waals surface area contributed by atoms with Crippen LogP contribution in [0.4, 0.5) is 5.69 Å². The van der Waals surface area contributed by atoms with Crippen molar-refractivity contribution in [3.05, 3.63) is 56.5 Å². The van der Waals surface area contributed by atoms with Gasteiger partial charge in [-0.15, -0.1) is 0 Å². The van der Waals surface area contributed by atoms with E-state index >= 15 is 0 Å². The molecule has 2 aromatic carbocycles. The van der Waals surface area contributed by atoms with Gasteiger partial charge >= 0.3 is 5.97 Å². The Hall–Kier alpha value is -2.05. The average molecular weight is 427 g/mol. The fraction of sp³-hybridized carbons (Fsp3) is 0.222. The van der Waals surface area contributed by atoms with E-state index in [-0.39, 0.29) is 12.5 Å². The van der Waals surface area contributed by atoms with E-state index in [2.05, 4.69) is 26.0 Å². The van der Waals surface area contributed by atoms with Gasteiger partial charge in [0.05, 0.1) is 17.1 Å². The molecule has 0 atom stereocenters. The molecule has 2 aromatic rings. The first-order valence-corrected chi connectivity index (χ1v) is 8.56. The number of halogens is 2. The van der Waals surface area contributed by atoms with Crippen molar-refractivity contribution in [2.45, 2.75) is 13.8 Å². The molecule has 132 valence electrons. The molecule has 0 heterocycles. The number of rotatable bonds is 5. The van der Waals surface area contributed by atoms with Crippen LogP contribution in [0.2, 0.25) is 5.02 Å². The van der Waals surface area contributed by atoms with E-state index in [0.717, 1.165) is 11.1 Å². The van der Waals surface area contributed by atoms with Crippen LogP contribution in [0.3, 0.4) is 0 Å². The summed E-state index contributed by atoms with van der Waals surface area (Å²) in [6.07, 6.45) is 0. The minimum atomic E-state index is -0.469. The van der Waals surface area contributed by atoms with E-state index in [1.54, 1.807) is 24.3 Å². The molecule has 0 aliphatic carbocycles. The zero-order valence-electron chi connectivity index (χ0n) is 14.0. The lowest BCUT2D eigenvalue weighted by Gasteiger charge is -2.13. The van der Waals surface area contributed by atoms with Crippen molar-refractivity contribution in [2.24, 2.45) is 0 Å². The Morgan fingerprint density at radius 2 is 1.96 bits per heavy atom. The molecule has 0 unspecified atom stereocenters. The number of anilines is 1. The molecule has 0 spiro atoms. The van der Waals surface area contributed by atoms with Crippen LogP contribution in [0, 0.1) is 13.8 Å². The molecule has 1 N–H and O–H groups in total. The molecule has 5 nitrogen and oxygen atoms in total.